The van der Waals surface area contributed by atoms with E-state index in [2.05, 4.69) is 4.98 Å². The Hall–Kier alpha value is -1.35. The number of nitrogens with zero attached hydrogens (tertiary/aromatic N) is 2. The summed E-state index contributed by atoms with van der Waals surface area (Å²) in [6.07, 6.45) is 1.53. The topological polar surface area (TPSA) is 34.9 Å². The van der Waals surface area contributed by atoms with Crippen molar-refractivity contribution >= 4 is 22.5 Å². The first-order chi connectivity index (χ1) is 6.18. The largest absolute Gasteiger partial charge is 0.347 e. The molecule has 1 aromatic heterocycles. The van der Waals surface area contributed by atoms with Gasteiger partial charge in [-0.2, -0.15) is 0 Å². The third-order valence-electron chi connectivity index (χ3n) is 1.95. The monoisotopic (exact) mass is 194 g/mol. The smallest absolute Gasteiger partial charge is 0.295 e. The lowest BCUT2D eigenvalue weighted by Gasteiger charge is -2.02. The van der Waals surface area contributed by atoms with Crippen LogP contribution in [-0.2, 0) is 7.05 Å². The molecule has 0 unspecified atom stereocenters. The van der Waals surface area contributed by atoms with Crippen LogP contribution in [0.4, 0.5) is 0 Å². The summed E-state index contributed by atoms with van der Waals surface area (Å²) >= 11 is 5.80. The minimum atomic E-state index is -0.255. The number of hydrogen-bond donors (Lipinski definition) is 0. The van der Waals surface area contributed by atoms with E-state index in [4.69, 9.17) is 11.6 Å². The normalized spacial score (nSPS) is 10.6. The summed E-state index contributed by atoms with van der Waals surface area (Å²) in [5.41, 5.74) is 0.583. The van der Waals surface area contributed by atoms with E-state index in [-0.39, 0.29) is 5.69 Å². The number of hydrogen-bond acceptors (Lipinski definition) is 2. The van der Waals surface area contributed by atoms with Crippen LogP contribution in [0.3, 0.4) is 0 Å². The number of fused-ring (bicyclic) bond motifs is 1. The molecule has 4 heteroatoms. The fourth-order valence-corrected chi connectivity index (χ4v) is 1.43. The van der Waals surface area contributed by atoms with Crippen molar-refractivity contribution in [3.8, 4) is 0 Å². The van der Waals surface area contributed by atoms with Gasteiger partial charge in [-0.1, -0.05) is 11.6 Å². The molecule has 0 saturated heterocycles. The van der Waals surface area contributed by atoms with Gasteiger partial charge in [0, 0.05) is 23.7 Å². The molecule has 0 saturated carbocycles. The van der Waals surface area contributed by atoms with Crippen LogP contribution in [-0.4, -0.2) is 9.55 Å². The highest BCUT2D eigenvalue weighted by Gasteiger charge is 1.99. The van der Waals surface area contributed by atoms with Gasteiger partial charge in [0.1, 0.15) is 0 Å². The molecule has 0 radical (unpaired) electrons. The van der Waals surface area contributed by atoms with Crippen molar-refractivity contribution in [2.24, 2.45) is 7.05 Å². The van der Waals surface area contributed by atoms with Crippen LogP contribution in [0.2, 0.25) is 5.02 Å². The average molecular weight is 195 g/mol. The number of aromatic nitrogens is 2. The zero-order valence-corrected chi connectivity index (χ0v) is 7.75. The second-order valence-corrected chi connectivity index (χ2v) is 3.24. The lowest BCUT2D eigenvalue weighted by atomic mass is 10.2. The van der Waals surface area contributed by atoms with Crippen LogP contribution in [0.25, 0.3) is 10.9 Å². The fourth-order valence-electron chi connectivity index (χ4n) is 1.25. The summed E-state index contributed by atoms with van der Waals surface area (Å²) in [7, 11) is 1.69. The molecule has 0 aliphatic carbocycles. The lowest BCUT2D eigenvalue weighted by Crippen LogP contribution is -2.19. The van der Waals surface area contributed by atoms with Crippen LogP contribution in [0.5, 0.6) is 0 Å². The van der Waals surface area contributed by atoms with E-state index >= 15 is 0 Å². The second kappa shape index (κ2) is 2.85. The fraction of sp³-hybridized carbons (Fsp3) is 0.111. The van der Waals surface area contributed by atoms with Gasteiger partial charge in [0.2, 0.25) is 0 Å². The maximum absolute atomic E-state index is 11.1. The minimum Gasteiger partial charge on any atom is -0.295 e. The summed E-state index contributed by atoms with van der Waals surface area (Å²) in [6.45, 7) is 0. The van der Waals surface area contributed by atoms with Crippen molar-refractivity contribution in [3.05, 3.63) is 39.9 Å². The van der Waals surface area contributed by atoms with E-state index in [1.54, 1.807) is 25.2 Å². The molecule has 1 aromatic carbocycles. The Morgan fingerprint density at radius 3 is 3.00 bits per heavy atom. The van der Waals surface area contributed by atoms with E-state index in [0.29, 0.717) is 5.02 Å². The molecule has 0 atom stereocenters. The summed E-state index contributed by atoms with van der Waals surface area (Å²) in [6, 6.07) is 5.34. The quantitative estimate of drug-likeness (QED) is 0.639. The third kappa shape index (κ3) is 1.31. The Morgan fingerprint density at radius 2 is 2.23 bits per heavy atom. The molecule has 13 heavy (non-hydrogen) atoms. The van der Waals surface area contributed by atoms with Gasteiger partial charge in [-0.3, -0.25) is 4.57 Å². The highest BCUT2D eigenvalue weighted by molar-refractivity contribution is 6.31. The summed E-state index contributed by atoms with van der Waals surface area (Å²) in [5.74, 6) is 0. The summed E-state index contributed by atoms with van der Waals surface area (Å²) in [5, 5.41) is 1.52. The first kappa shape index (κ1) is 8.26. The van der Waals surface area contributed by atoms with E-state index in [1.165, 1.54) is 10.8 Å². The predicted octanol–water partition coefficient (Wildman–Crippen LogP) is 1.59. The van der Waals surface area contributed by atoms with Crippen LogP contribution in [0.1, 0.15) is 0 Å². The third-order valence-corrected chi connectivity index (χ3v) is 2.19. The minimum absolute atomic E-state index is 0.255. The molecule has 0 N–H and O–H groups in total. The van der Waals surface area contributed by atoms with E-state index < -0.39 is 0 Å². The first-order valence-electron chi connectivity index (χ1n) is 3.80. The van der Waals surface area contributed by atoms with Crippen LogP contribution < -0.4 is 5.69 Å². The zero-order chi connectivity index (χ0) is 9.42. The van der Waals surface area contributed by atoms with Crippen molar-refractivity contribution in [2.45, 2.75) is 0 Å². The Balaban J connectivity index is 2.95. The number of benzene rings is 1. The van der Waals surface area contributed by atoms with Crippen molar-refractivity contribution in [3.63, 3.8) is 0 Å². The molecule has 0 spiro atoms. The van der Waals surface area contributed by atoms with Crippen LogP contribution >= 0.6 is 11.6 Å². The SMILES string of the molecule is Cn1c(=O)ncc2cc(Cl)ccc21. The van der Waals surface area contributed by atoms with Crippen LogP contribution in [0.15, 0.2) is 29.2 Å². The summed E-state index contributed by atoms with van der Waals surface area (Å²) < 4.78 is 1.49. The predicted molar refractivity (Wildman–Crippen MR) is 52.0 cm³/mol. The Morgan fingerprint density at radius 1 is 1.46 bits per heavy atom. The number of aryl methyl sites for hydroxylation is 1. The zero-order valence-electron chi connectivity index (χ0n) is 6.99. The molecule has 66 valence electrons. The first-order valence-corrected chi connectivity index (χ1v) is 4.17. The number of rotatable bonds is 0. The Labute approximate surface area is 79.6 Å². The van der Waals surface area contributed by atoms with Gasteiger partial charge in [0.25, 0.3) is 0 Å². The van der Waals surface area contributed by atoms with Gasteiger partial charge < -0.3 is 0 Å². The summed E-state index contributed by atoms with van der Waals surface area (Å²) in [4.78, 5) is 14.8. The number of halogens is 1. The van der Waals surface area contributed by atoms with Gasteiger partial charge in [0.15, 0.2) is 0 Å². The molecule has 0 bridgehead atoms. The maximum atomic E-state index is 11.1. The highest BCUT2D eigenvalue weighted by atomic mass is 35.5. The molecular formula is C9H7ClN2O. The van der Waals surface area contributed by atoms with Gasteiger partial charge in [-0.25, -0.2) is 9.78 Å². The molecule has 0 fully saturated rings. The Kier molecular flexibility index (Phi) is 1.81. The molecule has 3 nitrogen and oxygen atoms in total. The van der Waals surface area contributed by atoms with E-state index in [1.807, 2.05) is 0 Å². The van der Waals surface area contributed by atoms with Gasteiger partial charge >= 0.3 is 5.69 Å². The molecular weight excluding hydrogens is 188 g/mol. The van der Waals surface area contributed by atoms with Gasteiger partial charge in [0.05, 0.1) is 5.52 Å². The molecule has 0 aliphatic rings. The Bertz CT molecular complexity index is 518. The van der Waals surface area contributed by atoms with Gasteiger partial charge in [-0.05, 0) is 18.2 Å². The average Bonchev–Trinajstić information content (AvgIpc) is 2.12. The standard InChI is InChI=1S/C9H7ClN2O/c1-12-8-3-2-7(10)4-6(8)5-11-9(12)13/h2-5H,1H3. The van der Waals surface area contributed by atoms with Gasteiger partial charge in [-0.15, -0.1) is 0 Å². The highest BCUT2D eigenvalue weighted by Crippen LogP contribution is 2.16. The maximum Gasteiger partial charge on any atom is 0.347 e. The van der Waals surface area contributed by atoms with Crippen molar-refractivity contribution in [1.29, 1.82) is 0 Å². The van der Waals surface area contributed by atoms with Crippen molar-refractivity contribution in [1.82, 2.24) is 9.55 Å². The van der Waals surface area contributed by atoms with E-state index in [9.17, 15) is 4.79 Å². The molecule has 0 aliphatic heterocycles. The van der Waals surface area contributed by atoms with Crippen LogP contribution in [0, 0.1) is 0 Å². The van der Waals surface area contributed by atoms with Crippen molar-refractivity contribution in [2.75, 3.05) is 0 Å². The van der Waals surface area contributed by atoms with E-state index in [0.717, 1.165) is 10.9 Å². The lowest BCUT2D eigenvalue weighted by molar-refractivity contribution is 0.853. The molecule has 1 heterocycles. The molecule has 2 aromatic rings. The molecule has 2 rings (SSSR count). The molecule has 0 amide bonds. The second-order valence-electron chi connectivity index (χ2n) is 2.80. The van der Waals surface area contributed by atoms with Crippen molar-refractivity contribution < 1.29 is 0 Å².